The van der Waals surface area contributed by atoms with E-state index in [1.54, 1.807) is 24.3 Å². The highest BCUT2D eigenvalue weighted by atomic mass is 16.5. The van der Waals surface area contributed by atoms with Gasteiger partial charge in [-0.25, -0.2) is 4.98 Å². The largest absolute Gasteiger partial charge is 0.457 e. The van der Waals surface area contributed by atoms with Crippen LogP contribution >= 0.6 is 0 Å². The SMILES string of the molecule is [2H]C([2H])([2H])c1cnc(-n2c3ccccc3c3ccc(Oc4cccc(N5CN(c6cc(C(C)(C)C)cc(C(C)(C)C)c6)c6ccccc65)c4)cc32)c(C([2H])([2H])[2H])c1-c1ccccc1. The quantitative estimate of drug-likeness (QED) is 0.169. The van der Waals surface area contributed by atoms with Crippen LogP contribution in [0.3, 0.4) is 0 Å². The van der Waals surface area contributed by atoms with Crippen LogP contribution in [0, 0.1) is 13.7 Å². The van der Waals surface area contributed by atoms with Gasteiger partial charge in [-0.2, -0.15) is 0 Å². The topological polar surface area (TPSA) is 33.5 Å². The second kappa shape index (κ2) is 13.7. The van der Waals surface area contributed by atoms with Crippen LogP contribution in [0.25, 0.3) is 38.8 Å². The van der Waals surface area contributed by atoms with E-state index in [9.17, 15) is 0 Å². The number of pyridine rings is 1. The van der Waals surface area contributed by atoms with Gasteiger partial charge in [-0.1, -0.05) is 114 Å². The number of aryl methyl sites for hydroxylation is 1. The molecule has 284 valence electrons. The van der Waals surface area contributed by atoms with E-state index in [4.69, 9.17) is 13.0 Å². The van der Waals surface area contributed by atoms with E-state index in [-0.39, 0.29) is 33.3 Å². The number of benzene rings is 6. The van der Waals surface area contributed by atoms with Crippen LogP contribution in [0.2, 0.25) is 0 Å². The summed E-state index contributed by atoms with van der Waals surface area (Å²) >= 11 is 0. The summed E-state index contributed by atoms with van der Waals surface area (Å²) in [6.07, 6.45) is 1.30. The molecule has 0 spiro atoms. The fourth-order valence-corrected chi connectivity index (χ4v) is 7.96. The standard InChI is InChI=1S/C52H50N4O/c1-34-32-53-50(35(2)49(34)36-17-10-9-11-18-36)56-45-22-13-12-21-43(45)44-26-25-42(31-48(44)56)57-41-20-16-19-39(30-41)54-33-55(47-24-15-14-23-46(47)54)40-28-37(51(3,4)5)27-38(29-40)52(6,7)8/h9-32H,33H2,1-8H3/i1D3,2D3. The Morgan fingerprint density at radius 1 is 0.579 bits per heavy atom. The fourth-order valence-electron chi connectivity index (χ4n) is 7.96. The molecule has 0 radical (unpaired) electrons. The van der Waals surface area contributed by atoms with Gasteiger partial charge in [0.05, 0.1) is 22.4 Å². The molecule has 0 atom stereocenters. The van der Waals surface area contributed by atoms with E-state index in [1.165, 1.54) is 17.3 Å². The number of aromatic nitrogens is 2. The zero-order valence-electron chi connectivity index (χ0n) is 39.3. The van der Waals surface area contributed by atoms with Crippen molar-refractivity contribution in [3.63, 3.8) is 0 Å². The number of rotatable bonds is 6. The minimum Gasteiger partial charge on any atom is -0.457 e. The number of para-hydroxylation sites is 3. The van der Waals surface area contributed by atoms with Crippen molar-refractivity contribution in [2.24, 2.45) is 0 Å². The van der Waals surface area contributed by atoms with Crippen LogP contribution in [0.4, 0.5) is 22.7 Å². The third-order valence-corrected chi connectivity index (χ3v) is 11.1. The molecule has 0 saturated carbocycles. The van der Waals surface area contributed by atoms with Gasteiger partial charge in [0.2, 0.25) is 0 Å². The highest BCUT2D eigenvalue weighted by molar-refractivity contribution is 6.09. The summed E-state index contributed by atoms with van der Waals surface area (Å²) in [5.41, 5.74) is 8.63. The van der Waals surface area contributed by atoms with E-state index >= 15 is 0 Å². The maximum absolute atomic E-state index is 8.84. The fraction of sp³-hybridized carbons (Fsp3) is 0.212. The summed E-state index contributed by atoms with van der Waals surface area (Å²) in [5, 5.41) is 1.76. The second-order valence-corrected chi connectivity index (χ2v) is 17.0. The van der Waals surface area contributed by atoms with Crippen molar-refractivity contribution in [3.8, 4) is 28.4 Å². The lowest BCUT2D eigenvalue weighted by Crippen LogP contribution is -2.25. The number of anilines is 4. The molecule has 1 aliphatic heterocycles. The molecule has 1 aliphatic rings. The maximum Gasteiger partial charge on any atom is 0.141 e. The lowest BCUT2D eigenvalue weighted by Gasteiger charge is -2.29. The molecule has 8 aromatic rings. The van der Waals surface area contributed by atoms with Crippen LogP contribution in [0.15, 0.2) is 146 Å². The van der Waals surface area contributed by atoms with Gasteiger partial charge in [0.1, 0.15) is 24.0 Å². The Kier molecular flexibility index (Phi) is 7.18. The minimum absolute atomic E-state index is 0.0261. The monoisotopic (exact) mass is 752 g/mol. The molecule has 9 rings (SSSR count). The minimum atomic E-state index is -2.73. The molecule has 0 N–H and O–H groups in total. The Morgan fingerprint density at radius 2 is 1.23 bits per heavy atom. The van der Waals surface area contributed by atoms with E-state index < -0.39 is 13.7 Å². The average molecular weight is 753 g/mol. The zero-order chi connectivity index (χ0) is 44.6. The van der Waals surface area contributed by atoms with Crippen molar-refractivity contribution in [1.29, 1.82) is 0 Å². The van der Waals surface area contributed by atoms with Gasteiger partial charge in [0.25, 0.3) is 0 Å². The number of fused-ring (bicyclic) bond motifs is 4. The molecular formula is C52H50N4O. The van der Waals surface area contributed by atoms with E-state index in [2.05, 4.69) is 105 Å². The number of hydrogen-bond donors (Lipinski definition) is 0. The van der Waals surface area contributed by atoms with Crippen molar-refractivity contribution in [2.45, 2.75) is 66.1 Å². The predicted molar refractivity (Wildman–Crippen MR) is 239 cm³/mol. The predicted octanol–water partition coefficient (Wildman–Crippen LogP) is 14.1. The van der Waals surface area contributed by atoms with Crippen LogP contribution in [-0.2, 0) is 10.8 Å². The summed E-state index contributed by atoms with van der Waals surface area (Å²) in [5.74, 6) is 1.30. The van der Waals surface area contributed by atoms with Gasteiger partial charge in [-0.15, -0.1) is 0 Å². The molecular weight excluding hydrogens is 697 g/mol. The molecule has 0 unspecified atom stereocenters. The first-order chi connectivity index (χ1) is 29.8. The number of nitrogens with zero attached hydrogens (tertiary/aromatic N) is 4. The molecule has 5 heteroatoms. The highest BCUT2D eigenvalue weighted by Gasteiger charge is 2.30. The second-order valence-electron chi connectivity index (χ2n) is 17.0. The molecule has 0 amide bonds. The van der Waals surface area contributed by atoms with E-state index in [0.29, 0.717) is 29.2 Å². The number of hydrogen-bond acceptors (Lipinski definition) is 4. The third-order valence-electron chi connectivity index (χ3n) is 11.1. The van der Waals surface area contributed by atoms with Crippen LogP contribution in [0.5, 0.6) is 11.5 Å². The first-order valence-corrected chi connectivity index (χ1v) is 19.5. The van der Waals surface area contributed by atoms with Crippen LogP contribution in [0.1, 0.15) is 72.0 Å². The zero-order valence-corrected chi connectivity index (χ0v) is 33.3. The third kappa shape index (κ3) is 6.51. The Labute approximate surface area is 345 Å². The molecule has 0 fully saturated rings. The highest BCUT2D eigenvalue weighted by Crippen LogP contribution is 2.46. The summed E-state index contributed by atoms with van der Waals surface area (Å²) in [6, 6.07) is 45.9. The molecule has 6 aromatic carbocycles. The lowest BCUT2D eigenvalue weighted by atomic mass is 9.80. The molecule has 0 aliphatic carbocycles. The van der Waals surface area contributed by atoms with Crippen molar-refractivity contribution < 1.29 is 13.0 Å². The Morgan fingerprint density at radius 3 is 1.93 bits per heavy atom. The smallest absolute Gasteiger partial charge is 0.141 e. The van der Waals surface area contributed by atoms with Gasteiger partial charge < -0.3 is 14.5 Å². The maximum atomic E-state index is 8.84. The van der Waals surface area contributed by atoms with Crippen LogP contribution in [-0.4, -0.2) is 16.2 Å². The summed E-state index contributed by atoms with van der Waals surface area (Å²) in [6.45, 7) is 8.84. The molecule has 5 nitrogen and oxygen atoms in total. The van der Waals surface area contributed by atoms with E-state index in [1.807, 2.05) is 71.3 Å². The van der Waals surface area contributed by atoms with Gasteiger partial charge in [0.15, 0.2) is 0 Å². The van der Waals surface area contributed by atoms with Crippen molar-refractivity contribution >= 4 is 44.6 Å². The lowest BCUT2D eigenvalue weighted by molar-refractivity contribution is 0.483. The Hall–Kier alpha value is -6.33. The van der Waals surface area contributed by atoms with Crippen molar-refractivity contribution in [2.75, 3.05) is 16.5 Å². The van der Waals surface area contributed by atoms with Crippen LogP contribution < -0.4 is 14.5 Å². The molecule has 57 heavy (non-hydrogen) atoms. The molecule has 0 saturated heterocycles. The van der Waals surface area contributed by atoms with E-state index in [0.717, 1.165) is 39.0 Å². The molecule has 2 aromatic heterocycles. The average Bonchev–Trinajstić information content (AvgIpc) is 3.78. The van der Waals surface area contributed by atoms with Gasteiger partial charge in [-0.05, 0) is 107 Å². The summed E-state index contributed by atoms with van der Waals surface area (Å²) < 4.78 is 60.2. The molecule has 3 heterocycles. The van der Waals surface area contributed by atoms with Crippen molar-refractivity contribution in [1.82, 2.24) is 9.55 Å². The molecule has 0 bridgehead atoms. The first kappa shape index (κ1) is 29.9. The number of ether oxygens (including phenoxy) is 1. The van der Waals surface area contributed by atoms with Gasteiger partial charge in [0, 0.05) is 54.3 Å². The van der Waals surface area contributed by atoms with Crippen molar-refractivity contribution in [3.05, 3.63) is 168 Å². The Balaban J connectivity index is 1.13. The van der Waals surface area contributed by atoms with Gasteiger partial charge >= 0.3 is 0 Å². The normalized spacial score (nSPS) is 15.1. The van der Waals surface area contributed by atoms with Gasteiger partial charge in [-0.3, -0.25) is 4.57 Å². The Bertz CT molecular complexity index is 3000. The summed E-state index contributed by atoms with van der Waals surface area (Å²) in [7, 11) is 0. The first-order valence-electron chi connectivity index (χ1n) is 22.5. The summed E-state index contributed by atoms with van der Waals surface area (Å²) in [4.78, 5) is 9.37.